The quantitative estimate of drug-likeness (QED) is 0.578. The second-order valence-corrected chi connectivity index (χ2v) is 3.58. The molecule has 2 fully saturated rings. The van der Waals surface area contributed by atoms with Gasteiger partial charge in [-0.3, -0.25) is 9.59 Å². The first-order valence-corrected chi connectivity index (χ1v) is 5.44. The fourth-order valence-electron chi connectivity index (χ4n) is 1.82. The Kier molecular flexibility index (Phi) is 4.08. The van der Waals surface area contributed by atoms with Gasteiger partial charge in [-0.15, -0.1) is 0 Å². The van der Waals surface area contributed by atoms with Gasteiger partial charge in [-0.25, -0.2) is 0 Å². The molecular formula is C10H19N3O2. The summed E-state index contributed by atoms with van der Waals surface area (Å²) in [5.74, 6) is 0.0175. The molecule has 2 saturated heterocycles. The maximum Gasteiger partial charge on any atom is 0.244 e. The molecular weight excluding hydrogens is 194 g/mol. The molecule has 2 amide bonds. The van der Waals surface area contributed by atoms with Crippen LogP contribution in [0.2, 0.25) is 0 Å². The van der Waals surface area contributed by atoms with Crippen molar-refractivity contribution in [3.05, 3.63) is 0 Å². The van der Waals surface area contributed by atoms with E-state index in [-0.39, 0.29) is 24.4 Å². The number of hydrogen-bond acceptors (Lipinski definition) is 3. The third-order valence-electron chi connectivity index (χ3n) is 2.62. The van der Waals surface area contributed by atoms with Crippen LogP contribution < -0.4 is 5.32 Å². The van der Waals surface area contributed by atoms with Crippen molar-refractivity contribution in [1.29, 1.82) is 0 Å². The number of likely N-dealkylation sites (N-methyl/N-ethyl adjacent to an activating group) is 1. The Morgan fingerprint density at radius 2 is 1.93 bits per heavy atom. The van der Waals surface area contributed by atoms with Gasteiger partial charge >= 0.3 is 0 Å². The summed E-state index contributed by atoms with van der Waals surface area (Å²) >= 11 is 0. The van der Waals surface area contributed by atoms with Gasteiger partial charge in [-0.1, -0.05) is 13.8 Å². The molecule has 0 aliphatic carbocycles. The average molecular weight is 213 g/mol. The Hall–Kier alpha value is -1.10. The Morgan fingerprint density at radius 1 is 1.27 bits per heavy atom. The van der Waals surface area contributed by atoms with E-state index in [4.69, 9.17) is 0 Å². The van der Waals surface area contributed by atoms with Gasteiger partial charge in [0.2, 0.25) is 11.8 Å². The van der Waals surface area contributed by atoms with Crippen LogP contribution >= 0.6 is 0 Å². The van der Waals surface area contributed by atoms with E-state index in [0.29, 0.717) is 13.1 Å². The molecule has 5 nitrogen and oxygen atoms in total. The van der Waals surface area contributed by atoms with E-state index in [1.165, 1.54) is 0 Å². The molecule has 15 heavy (non-hydrogen) atoms. The van der Waals surface area contributed by atoms with Gasteiger partial charge in [0, 0.05) is 19.6 Å². The molecule has 5 heteroatoms. The lowest BCUT2D eigenvalue weighted by molar-refractivity contribution is -0.148. The molecule has 2 heterocycles. The zero-order valence-corrected chi connectivity index (χ0v) is 9.62. The summed E-state index contributed by atoms with van der Waals surface area (Å²) in [6.45, 7) is 6.35. The van der Waals surface area contributed by atoms with Gasteiger partial charge in [0.1, 0.15) is 6.04 Å². The monoisotopic (exact) mass is 213 g/mol. The molecule has 0 bridgehead atoms. The number of carbonyl (C=O) groups excluding carboxylic acids is 2. The summed E-state index contributed by atoms with van der Waals surface area (Å²) in [5.41, 5.74) is 0. The second kappa shape index (κ2) is 5.11. The van der Waals surface area contributed by atoms with Crippen LogP contribution in [0.25, 0.3) is 0 Å². The van der Waals surface area contributed by atoms with Crippen molar-refractivity contribution in [2.24, 2.45) is 0 Å². The molecule has 0 radical (unpaired) electrons. The fourth-order valence-corrected chi connectivity index (χ4v) is 1.82. The predicted octanol–water partition coefficient (Wildman–Crippen LogP) is -0.715. The molecule has 1 atom stereocenters. The van der Waals surface area contributed by atoms with Crippen molar-refractivity contribution >= 4 is 11.8 Å². The van der Waals surface area contributed by atoms with E-state index < -0.39 is 0 Å². The summed E-state index contributed by atoms with van der Waals surface area (Å²) in [6.07, 6.45) is 0. The number of amides is 2. The van der Waals surface area contributed by atoms with Crippen molar-refractivity contribution in [3.63, 3.8) is 0 Å². The molecule has 0 aromatic heterocycles. The summed E-state index contributed by atoms with van der Waals surface area (Å²) in [5, 5.41) is 2.59. The summed E-state index contributed by atoms with van der Waals surface area (Å²) in [4.78, 5) is 26.5. The minimum absolute atomic E-state index is 0.0221. The summed E-state index contributed by atoms with van der Waals surface area (Å²) in [7, 11) is 1.96. The minimum Gasteiger partial charge on any atom is -0.345 e. The zero-order chi connectivity index (χ0) is 11.4. The highest BCUT2D eigenvalue weighted by molar-refractivity contribution is 5.95. The van der Waals surface area contributed by atoms with Crippen LogP contribution in [0.1, 0.15) is 13.8 Å². The molecule has 1 unspecified atom stereocenters. The van der Waals surface area contributed by atoms with E-state index >= 15 is 0 Å². The first-order chi connectivity index (χ1) is 7.18. The summed E-state index contributed by atoms with van der Waals surface area (Å²) in [6, 6.07) is -0.264. The van der Waals surface area contributed by atoms with Crippen LogP contribution in [0.15, 0.2) is 0 Å². The largest absolute Gasteiger partial charge is 0.345 e. The van der Waals surface area contributed by atoms with E-state index in [2.05, 4.69) is 10.2 Å². The maximum atomic E-state index is 11.4. The molecule has 1 N–H and O–H groups in total. The lowest BCUT2D eigenvalue weighted by atomic mass is 10.1. The Bertz CT molecular complexity index is 255. The van der Waals surface area contributed by atoms with Gasteiger partial charge in [-0.2, -0.15) is 0 Å². The summed E-state index contributed by atoms with van der Waals surface area (Å²) < 4.78 is 0. The fraction of sp³-hybridized carbons (Fsp3) is 0.800. The highest BCUT2D eigenvalue weighted by Gasteiger charge is 2.37. The number of carbonyl (C=O) groups is 2. The minimum atomic E-state index is -0.264. The van der Waals surface area contributed by atoms with Crippen molar-refractivity contribution in [2.75, 3.05) is 33.2 Å². The van der Waals surface area contributed by atoms with Crippen LogP contribution in [0.3, 0.4) is 0 Å². The van der Waals surface area contributed by atoms with Crippen molar-refractivity contribution in [1.82, 2.24) is 15.1 Å². The number of rotatable bonds is 0. The van der Waals surface area contributed by atoms with Crippen molar-refractivity contribution in [2.45, 2.75) is 19.9 Å². The molecule has 2 aliphatic rings. The molecule has 0 saturated carbocycles. The van der Waals surface area contributed by atoms with E-state index in [0.717, 1.165) is 6.54 Å². The van der Waals surface area contributed by atoms with E-state index in [1.54, 1.807) is 4.90 Å². The van der Waals surface area contributed by atoms with Gasteiger partial charge < -0.3 is 15.1 Å². The lowest BCUT2D eigenvalue weighted by Gasteiger charge is -2.41. The van der Waals surface area contributed by atoms with Gasteiger partial charge in [-0.05, 0) is 7.05 Å². The Labute approximate surface area is 90.4 Å². The number of nitrogens with one attached hydrogen (secondary N) is 1. The molecule has 86 valence electrons. The smallest absolute Gasteiger partial charge is 0.244 e. The lowest BCUT2D eigenvalue weighted by Crippen LogP contribution is -2.65. The molecule has 0 aromatic rings. The highest BCUT2D eigenvalue weighted by Crippen LogP contribution is 2.11. The van der Waals surface area contributed by atoms with Crippen LogP contribution in [0.5, 0.6) is 0 Å². The van der Waals surface area contributed by atoms with Crippen LogP contribution in [-0.4, -0.2) is 60.9 Å². The molecule has 0 aromatic carbocycles. The van der Waals surface area contributed by atoms with Gasteiger partial charge in [0.15, 0.2) is 0 Å². The van der Waals surface area contributed by atoms with E-state index in [1.807, 2.05) is 20.9 Å². The van der Waals surface area contributed by atoms with Crippen LogP contribution in [0, 0.1) is 0 Å². The van der Waals surface area contributed by atoms with Crippen LogP contribution in [-0.2, 0) is 9.59 Å². The zero-order valence-electron chi connectivity index (χ0n) is 9.62. The van der Waals surface area contributed by atoms with Gasteiger partial charge in [0.05, 0.1) is 6.54 Å². The first kappa shape index (κ1) is 12.0. The van der Waals surface area contributed by atoms with Crippen molar-refractivity contribution in [3.8, 4) is 0 Å². The number of fused-ring (bicyclic) bond motifs is 1. The number of piperazine rings is 2. The molecule has 0 spiro atoms. The third kappa shape index (κ3) is 2.47. The molecule has 2 rings (SSSR count). The highest BCUT2D eigenvalue weighted by atomic mass is 16.2. The van der Waals surface area contributed by atoms with E-state index in [9.17, 15) is 9.59 Å². The Morgan fingerprint density at radius 3 is 2.60 bits per heavy atom. The third-order valence-corrected chi connectivity index (χ3v) is 2.62. The maximum absolute atomic E-state index is 11.4. The first-order valence-electron chi connectivity index (χ1n) is 5.44. The number of nitrogens with zero attached hydrogens (tertiary/aromatic N) is 2. The van der Waals surface area contributed by atoms with Crippen LogP contribution in [0.4, 0.5) is 0 Å². The standard InChI is InChI=1S/C8H13N3O2.C2H6/c1-10-2-3-11-6(5-10)8(13)9-4-7(11)12;1-2/h6H,2-5H2,1H3,(H,9,13);1-2H3. The predicted molar refractivity (Wildman–Crippen MR) is 57.4 cm³/mol. The van der Waals surface area contributed by atoms with Gasteiger partial charge in [0.25, 0.3) is 0 Å². The Balaban J connectivity index is 0.000000531. The molecule has 2 aliphatic heterocycles. The SMILES string of the molecule is CC.CN1CCN2C(=O)CNC(=O)C2C1. The van der Waals surface area contributed by atoms with Crippen molar-refractivity contribution < 1.29 is 9.59 Å². The topological polar surface area (TPSA) is 52.6 Å². The number of hydrogen-bond donors (Lipinski definition) is 1. The second-order valence-electron chi connectivity index (χ2n) is 3.58. The average Bonchev–Trinajstić information content (AvgIpc) is 2.27. The normalized spacial score (nSPS) is 26.3.